The predicted octanol–water partition coefficient (Wildman–Crippen LogP) is 2.69. The first-order valence-corrected chi connectivity index (χ1v) is 7.93. The van der Waals surface area contributed by atoms with Gasteiger partial charge in [-0.3, -0.25) is 9.36 Å². The molecular formula is C11H24NO4P. The van der Waals surface area contributed by atoms with E-state index in [-0.39, 0.29) is 12.6 Å². The Morgan fingerprint density at radius 2 is 1.59 bits per heavy atom. The second kappa shape index (κ2) is 9.63. The van der Waals surface area contributed by atoms with Crippen molar-refractivity contribution in [3.8, 4) is 0 Å². The van der Waals surface area contributed by atoms with E-state index in [0.717, 1.165) is 25.7 Å². The van der Waals surface area contributed by atoms with Crippen LogP contribution in [-0.4, -0.2) is 25.3 Å². The molecule has 0 aliphatic carbocycles. The van der Waals surface area contributed by atoms with E-state index in [9.17, 15) is 9.36 Å². The normalized spacial score (nSPS) is 11.6. The second-order valence-corrected chi connectivity index (χ2v) is 6.11. The van der Waals surface area contributed by atoms with Gasteiger partial charge in [-0.1, -0.05) is 26.7 Å². The molecule has 17 heavy (non-hydrogen) atoms. The van der Waals surface area contributed by atoms with Gasteiger partial charge in [-0.15, -0.1) is 0 Å². The van der Waals surface area contributed by atoms with Gasteiger partial charge in [0, 0.05) is 6.42 Å². The first-order valence-electron chi connectivity index (χ1n) is 6.20. The van der Waals surface area contributed by atoms with Crippen LogP contribution in [0.3, 0.4) is 0 Å². The summed E-state index contributed by atoms with van der Waals surface area (Å²) in [6.07, 6.45) is 3.70. The molecule has 0 rings (SSSR count). The van der Waals surface area contributed by atoms with E-state index in [1.165, 1.54) is 0 Å². The van der Waals surface area contributed by atoms with E-state index in [1.807, 2.05) is 13.8 Å². The molecule has 2 N–H and O–H groups in total. The van der Waals surface area contributed by atoms with Crippen LogP contribution >= 0.6 is 7.60 Å². The lowest BCUT2D eigenvalue weighted by Crippen LogP contribution is -2.14. The van der Waals surface area contributed by atoms with E-state index in [4.69, 9.17) is 14.8 Å². The number of primary amides is 1. The Bertz CT molecular complexity index is 244. The third-order valence-electron chi connectivity index (χ3n) is 2.20. The molecule has 0 radical (unpaired) electrons. The molecule has 0 saturated carbocycles. The quantitative estimate of drug-likeness (QED) is 0.460. The van der Waals surface area contributed by atoms with Crippen LogP contribution in [0, 0.1) is 0 Å². The van der Waals surface area contributed by atoms with Gasteiger partial charge in [0.1, 0.15) is 0 Å². The van der Waals surface area contributed by atoms with Crippen LogP contribution in [0.4, 0.5) is 0 Å². The standard InChI is InChI=1S/C11H24NO4P/c1-3-5-8-15-17(14,10-7-11(12)13)16-9-6-4-2/h3-10H2,1-2H3,(H2,12,13). The third kappa shape index (κ3) is 9.33. The van der Waals surface area contributed by atoms with E-state index in [0.29, 0.717) is 13.2 Å². The van der Waals surface area contributed by atoms with Gasteiger partial charge in [-0.25, -0.2) is 0 Å². The number of hydrogen-bond donors (Lipinski definition) is 1. The average Bonchev–Trinajstić information content (AvgIpc) is 2.27. The highest BCUT2D eigenvalue weighted by Gasteiger charge is 2.24. The zero-order chi connectivity index (χ0) is 13.1. The lowest BCUT2D eigenvalue weighted by Gasteiger charge is -2.17. The Morgan fingerprint density at radius 3 is 1.94 bits per heavy atom. The molecule has 0 aliphatic rings. The summed E-state index contributed by atoms with van der Waals surface area (Å²) in [7, 11) is -3.13. The molecule has 0 aromatic rings. The molecule has 0 saturated heterocycles. The van der Waals surface area contributed by atoms with Gasteiger partial charge < -0.3 is 14.8 Å². The minimum absolute atomic E-state index is 0.0372. The van der Waals surface area contributed by atoms with Gasteiger partial charge >= 0.3 is 7.60 Å². The van der Waals surface area contributed by atoms with Crippen LogP contribution in [0.2, 0.25) is 0 Å². The van der Waals surface area contributed by atoms with Crippen molar-refractivity contribution in [2.24, 2.45) is 5.73 Å². The lowest BCUT2D eigenvalue weighted by atomic mass is 10.4. The largest absolute Gasteiger partial charge is 0.370 e. The summed E-state index contributed by atoms with van der Waals surface area (Å²) >= 11 is 0. The molecule has 5 nitrogen and oxygen atoms in total. The first kappa shape index (κ1) is 16.6. The molecule has 0 unspecified atom stereocenters. The fourth-order valence-corrected chi connectivity index (χ4v) is 2.75. The summed E-state index contributed by atoms with van der Waals surface area (Å²) in [6, 6.07) is 0. The molecule has 0 bridgehead atoms. The predicted molar refractivity (Wildman–Crippen MR) is 68.0 cm³/mol. The van der Waals surface area contributed by atoms with Crippen molar-refractivity contribution in [3.05, 3.63) is 0 Å². The van der Waals surface area contributed by atoms with Gasteiger partial charge in [0.2, 0.25) is 5.91 Å². The molecule has 0 fully saturated rings. The third-order valence-corrected chi connectivity index (χ3v) is 4.13. The van der Waals surface area contributed by atoms with Gasteiger partial charge in [-0.05, 0) is 12.8 Å². The molecule has 0 heterocycles. The van der Waals surface area contributed by atoms with Crippen molar-refractivity contribution in [1.82, 2.24) is 0 Å². The zero-order valence-electron chi connectivity index (χ0n) is 10.8. The molecular weight excluding hydrogens is 241 g/mol. The Balaban J connectivity index is 4.14. The number of nitrogens with two attached hydrogens (primary N) is 1. The fourth-order valence-electron chi connectivity index (χ4n) is 1.11. The summed E-state index contributed by atoms with van der Waals surface area (Å²) in [6.45, 7) is 4.85. The van der Waals surface area contributed by atoms with Crippen molar-refractivity contribution in [3.63, 3.8) is 0 Å². The molecule has 0 aliphatic heterocycles. The Kier molecular flexibility index (Phi) is 9.41. The SMILES string of the molecule is CCCCOP(=O)(CCC(N)=O)OCCCC. The maximum absolute atomic E-state index is 12.2. The summed E-state index contributed by atoms with van der Waals surface area (Å²) in [5.74, 6) is -0.483. The molecule has 6 heteroatoms. The number of unbranched alkanes of at least 4 members (excludes halogenated alkanes) is 2. The smallest absolute Gasteiger partial charge is 0.331 e. The Hall–Kier alpha value is -0.380. The zero-order valence-corrected chi connectivity index (χ0v) is 11.7. The molecule has 0 spiro atoms. The maximum Gasteiger partial charge on any atom is 0.331 e. The van der Waals surface area contributed by atoms with Crippen LogP contribution in [0.25, 0.3) is 0 Å². The van der Waals surface area contributed by atoms with E-state index in [2.05, 4.69) is 0 Å². The van der Waals surface area contributed by atoms with Gasteiger partial charge in [0.15, 0.2) is 0 Å². The highest BCUT2D eigenvalue weighted by molar-refractivity contribution is 7.53. The highest BCUT2D eigenvalue weighted by Crippen LogP contribution is 2.48. The second-order valence-electron chi connectivity index (χ2n) is 3.92. The summed E-state index contributed by atoms with van der Waals surface area (Å²) in [5.41, 5.74) is 5.04. The number of amides is 1. The molecule has 0 atom stereocenters. The molecule has 102 valence electrons. The number of carbonyl (C=O) groups excluding carboxylic acids is 1. The lowest BCUT2D eigenvalue weighted by molar-refractivity contribution is -0.117. The van der Waals surface area contributed by atoms with E-state index in [1.54, 1.807) is 0 Å². The minimum Gasteiger partial charge on any atom is -0.370 e. The number of carbonyl (C=O) groups is 1. The molecule has 1 amide bonds. The van der Waals surface area contributed by atoms with Crippen LogP contribution in [-0.2, 0) is 18.4 Å². The number of hydrogen-bond acceptors (Lipinski definition) is 4. The van der Waals surface area contributed by atoms with Gasteiger partial charge in [0.05, 0.1) is 19.4 Å². The van der Waals surface area contributed by atoms with Crippen molar-refractivity contribution in [2.45, 2.75) is 46.0 Å². The Labute approximate surface area is 104 Å². The Morgan fingerprint density at radius 1 is 1.12 bits per heavy atom. The number of rotatable bonds is 11. The summed E-state index contributed by atoms with van der Waals surface area (Å²) in [4.78, 5) is 10.7. The van der Waals surface area contributed by atoms with Crippen LogP contribution in [0.5, 0.6) is 0 Å². The van der Waals surface area contributed by atoms with Crippen molar-refractivity contribution >= 4 is 13.5 Å². The first-order chi connectivity index (χ1) is 8.04. The molecule has 0 aromatic carbocycles. The highest BCUT2D eigenvalue weighted by atomic mass is 31.2. The van der Waals surface area contributed by atoms with Crippen molar-refractivity contribution < 1.29 is 18.4 Å². The van der Waals surface area contributed by atoms with Crippen LogP contribution < -0.4 is 5.73 Å². The summed E-state index contributed by atoms with van der Waals surface area (Å²) in [5, 5.41) is 0. The summed E-state index contributed by atoms with van der Waals surface area (Å²) < 4.78 is 22.8. The minimum atomic E-state index is -3.13. The van der Waals surface area contributed by atoms with Crippen molar-refractivity contribution in [1.29, 1.82) is 0 Å². The topological polar surface area (TPSA) is 78.6 Å². The monoisotopic (exact) mass is 265 g/mol. The van der Waals surface area contributed by atoms with E-state index >= 15 is 0 Å². The van der Waals surface area contributed by atoms with E-state index < -0.39 is 13.5 Å². The molecule has 0 aromatic heterocycles. The van der Waals surface area contributed by atoms with Crippen LogP contribution in [0.15, 0.2) is 0 Å². The fraction of sp³-hybridized carbons (Fsp3) is 0.909. The van der Waals surface area contributed by atoms with Crippen LogP contribution in [0.1, 0.15) is 46.0 Å². The van der Waals surface area contributed by atoms with Gasteiger partial charge in [0.25, 0.3) is 0 Å². The average molecular weight is 265 g/mol. The van der Waals surface area contributed by atoms with Crippen molar-refractivity contribution in [2.75, 3.05) is 19.4 Å². The van der Waals surface area contributed by atoms with Gasteiger partial charge in [-0.2, -0.15) is 0 Å². The maximum atomic E-state index is 12.2.